The fourth-order valence-electron chi connectivity index (χ4n) is 2.68. The largest absolute Gasteiger partial charge is 0.362 e. The van der Waals surface area contributed by atoms with Crippen LogP contribution >= 0.6 is 0 Å². The molecule has 0 saturated carbocycles. The number of rotatable bonds is 6. The maximum absolute atomic E-state index is 13.9. The van der Waals surface area contributed by atoms with E-state index in [2.05, 4.69) is 15.5 Å². The highest BCUT2D eigenvalue weighted by Gasteiger charge is 2.17. The number of halogens is 1. The number of carbonyl (C=O) groups is 1. The fourth-order valence-corrected chi connectivity index (χ4v) is 2.68. The third kappa shape index (κ3) is 3.65. The van der Waals surface area contributed by atoms with Crippen LogP contribution in [0, 0.1) is 19.7 Å². The molecule has 26 heavy (non-hydrogen) atoms. The van der Waals surface area contributed by atoms with Crippen LogP contribution in [0.25, 0.3) is 0 Å². The van der Waals surface area contributed by atoms with Gasteiger partial charge < -0.3 is 10.1 Å². The van der Waals surface area contributed by atoms with Crippen LogP contribution in [-0.2, 0) is 18.0 Å². The van der Waals surface area contributed by atoms with Crippen molar-refractivity contribution >= 4 is 11.6 Å². The van der Waals surface area contributed by atoms with E-state index in [9.17, 15) is 9.18 Å². The van der Waals surface area contributed by atoms with Gasteiger partial charge in [0.05, 0.1) is 23.6 Å². The van der Waals surface area contributed by atoms with E-state index < -0.39 is 0 Å². The summed E-state index contributed by atoms with van der Waals surface area (Å²) < 4.78 is 22.0. The monoisotopic (exact) mass is 357 g/mol. The maximum Gasteiger partial charge on any atom is 0.276 e. The van der Waals surface area contributed by atoms with Crippen molar-refractivity contribution in [2.24, 2.45) is 0 Å². The van der Waals surface area contributed by atoms with Crippen LogP contribution < -0.4 is 5.32 Å². The molecule has 1 amide bonds. The summed E-state index contributed by atoms with van der Waals surface area (Å²) in [6.07, 6.45) is 1.67. The third-order valence-electron chi connectivity index (χ3n) is 4.03. The van der Waals surface area contributed by atoms with E-state index >= 15 is 0 Å². The Kier molecular flexibility index (Phi) is 5.13. The van der Waals surface area contributed by atoms with Crippen molar-refractivity contribution in [1.82, 2.24) is 19.6 Å². The summed E-state index contributed by atoms with van der Waals surface area (Å²) in [4.78, 5) is 12.4. The van der Waals surface area contributed by atoms with Gasteiger partial charge in [0.15, 0.2) is 5.69 Å². The smallest absolute Gasteiger partial charge is 0.276 e. The van der Waals surface area contributed by atoms with Gasteiger partial charge in [-0.1, -0.05) is 18.2 Å². The Morgan fingerprint density at radius 3 is 2.73 bits per heavy atom. The minimum Gasteiger partial charge on any atom is -0.362 e. The predicted molar refractivity (Wildman–Crippen MR) is 94.4 cm³/mol. The fraction of sp³-hybridized carbons (Fsp3) is 0.278. The first-order valence-electron chi connectivity index (χ1n) is 8.10. The van der Waals surface area contributed by atoms with Gasteiger partial charge in [-0.05, 0) is 26.0 Å². The Morgan fingerprint density at radius 1 is 1.23 bits per heavy atom. The van der Waals surface area contributed by atoms with Gasteiger partial charge in [-0.2, -0.15) is 10.2 Å². The number of nitrogens with zero attached hydrogens (tertiary/aromatic N) is 4. The molecule has 0 saturated heterocycles. The minimum atomic E-state index is -0.337. The molecule has 0 spiro atoms. The first kappa shape index (κ1) is 17.8. The third-order valence-corrected chi connectivity index (χ3v) is 4.03. The maximum atomic E-state index is 13.9. The van der Waals surface area contributed by atoms with Crippen LogP contribution in [0.4, 0.5) is 10.1 Å². The van der Waals surface area contributed by atoms with E-state index in [4.69, 9.17) is 4.74 Å². The van der Waals surface area contributed by atoms with E-state index in [-0.39, 0.29) is 30.7 Å². The van der Waals surface area contributed by atoms with Crippen molar-refractivity contribution in [3.8, 4) is 0 Å². The minimum absolute atomic E-state index is 0.270. The summed E-state index contributed by atoms with van der Waals surface area (Å²) in [5.41, 5.74) is 2.82. The van der Waals surface area contributed by atoms with Gasteiger partial charge in [-0.3, -0.25) is 9.48 Å². The number of hydrogen-bond acceptors (Lipinski definition) is 4. The number of amides is 1. The van der Waals surface area contributed by atoms with Crippen LogP contribution in [0.5, 0.6) is 0 Å². The van der Waals surface area contributed by atoms with E-state index in [0.717, 1.165) is 5.69 Å². The second kappa shape index (κ2) is 7.49. The highest BCUT2D eigenvalue weighted by Crippen LogP contribution is 2.21. The molecule has 0 atom stereocenters. The average molecular weight is 357 g/mol. The Bertz CT molecular complexity index is 932. The van der Waals surface area contributed by atoms with Gasteiger partial charge in [-0.15, -0.1) is 0 Å². The van der Waals surface area contributed by atoms with Crippen molar-refractivity contribution in [3.63, 3.8) is 0 Å². The molecule has 2 heterocycles. The van der Waals surface area contributed by atoms with Crippen LogP contribution in [0.2, 0.25) is 0 Å². The number of aromatic nitrogens is 4. The molecule has 1 N–H and O–H groups in total. The number of ether oxygens (including phenoxy) is 1. The molecule has 0 aliphatic carbocycles. The lowest BCUT2D eigenvalue weighted by molar-refractivity contribution is 0.101. The summed E-state index contributed by atoms with van der Waals surface area (Å²) in [5, 5.41) is 11.4. The zero-order valence-electron chi connectivity index (χ0n) is 14.9. The molecule has 0 aliphatic rings. The summed E-state index contributed by atoms with van der Waals surface area (Å²) in [7, 11) is 1.55. The van der Waals surface area contributed by atoms with Crippen LogP contribution in [0.15, 0.2) is 36.5 Å². The van der Waals surface area contributed by atoms with Crippen LogP contribution in [0.1, 0.15) is 27.4 Å². The first-order valence-corrected chi connectivity index (χ1v) is 8.10. The van der Waals surface area contributed by atoms with E-state index in [0.29, 0.717) is 16.9 Å². The van der Waals surface area contributed by atoms with Crippen molar-refractivity contribution in [2.75, 3.05) is 12.4 Å². The Labute approximate surface area is 150 Å². The summed E-state index contributed by atoms with van der Waals surface area (Å²) in [5.74, 6) is -0.620. The number of anilines is 1. The van der Waals surface area contributed by atoms with Gasteiger partial charge in [0.1, 0.15) is 12.5 Å². The zero-order chi connectivity index (χ0) is 18.7. The quantitative estimate of drug-likeness (QED) is 0.736. The van der Waals surface area contributed by atoms with Crippen molar-refractivity contribution in [1.29, 1.82) is 0 Å². The molecule has 0 unspecified atom stereocenters. The second-order valence-electron chi connectivity index (χ2n) is 5.91. The lowest BCUT2D eigenvalue weighted by Gasteiger charge is -2.07. The lowest BCUT2D eigenvalue weighted by Crippen LogP contribution is -2.15. The number of aryl methyl sites for hydroxylation is 1. The van der Waals surface area contributed by atoms with Gasteiger partial charge in [0.25, 0.3) is 5.91 Å². The van der Waals surface area contributed by atoms with Gasteiger partial charge in [0, 0.05) is 18.9 Å². The van der Waals surface area contributed by atoms with Crippen molar-refractivity contribution in [2.45, 2.75) is 27.1 Å². The van der Waals surface area contributed by atoms with Gasteiger partial charge in [0.2, 0.25) is 0 Å². The Hall–Kier alpha value is -3.00. The molecule has 136 valence electrons. The summed E-state index contributed by atoms with van der Waals surface area (Å²) in [6.45, 7) is 4.19. The molecule has 1 aromatic carbocycles. The normalized spacial score (nSPS) is 10.9. The molecule has 8 heteroatoms. The molecule has 3 rings (SSSR count). The SMILES string of the molecule is COCn1ccc(C(=O)Nc2c(C)nn(Cc3ccccc3F)c2C)n1. The Balaban J connectivity index is 1.79. The highest BCUT2D eigenvalue weighted by atomic mass is 19.1. The standard InChI is InChI=1S/C18H20FN5O2/c1-12-17(20-18(25)16-8-9-23(22-16)11-26-3)13(2)24(21-12)10-14-6-4-5-7-15(14)19/h4-9H,10-11H2,1-3H3,(H,20,25). The molecule has 0 radical (unpaired) electrons. The number of nitrogens with one attached hydrogen (secondary N) is 1. The average Bonchev–Trinajstić information content (AvgIpc) is 3.18. The summed E-state index contributed by atoms with van der Waals surface area (Å²) >= 11 is 0. The van der Waals surface area contributed by atoms with E-state index in [1.54, 1.807) is 49.2 Å². The molecule has 0 fully saturated rings. The molecule has 0 aliphatic heterocycles. The van der Waals surface area contributed by atoms with Crippen LogP contribution in [0.3, 0.4) is 0 Å². The molecule has 0 bridgehead atoms. The van der Waals surface area contributed by atoms with Crippen molar-refractivity contribution < 1.29 is 13.9 Å². The summed E-state index contributed by atoms with van der Waals surface area (Å²) in [6, 6.07) is 8.17. The molecular weight excluding hydrogens is 337 g/mol. The number of methoxy groups -OCH3 is 1. The molecule has 2 aromatic heterocycles. The zero-order valence-corrected chi connectivity index (χ0v) is 14.9. The first-order chi connectivity index (χ1) is 12.5. The lowest BCUT2D eigenvalue weighted by atomic mass is 10.2. The number of hydrogen-bond donors (Lipinski definition) is 1. The molecule has 3 aromatic rings. The predicted octanol–water partition coefficient (Wildman–Crippen LogP) is 2.74. The van der Waals surface area contributed by atoms with Crippen LogP contribution in [-0.4, -0.2) is 32.6 Å². The van der Waals surface area contributed by atoms with Gasteiger partial charge >= 0.3 is 0 Å². The second-order valence-corrected chi connectivity index (χ2v) is 5.91. The van der Waals surface area contributed by atoms with Crippen molar-refractivity contribution in [3.05, 3.63) is 65.0 Å². The molecule has 7 nitrogen and oxygen atoms in total. The van der Waals surface area contributed by atoms with E-state index in [1.165, 1.54) is 10.7 Å². The molecular formula is C18H20FN5O2. The van der Waals surface area contributed by atoms with E-state index in [1.807, 2.05) is 6.92 Å². The number of benzene rings is 1. The number of carbonyl (C=O) groups excluding carboxylic acids is 1. The Morgan fingerprint density at radius 2 is 2.00 bits per heavy atom. The van der Waals surface area contributed by atoms with Gasteiger partial charge in [-0.25, -0.2) is 9.07 Å². The highest BCUT2D eigenvalue weighted by molar-refractivity contribution is 6.03. The topological polar surface area (TPSA) is 74.0 Å².